The summed E-state index contributed by atoms with van der Waals surface area (Å²) < 4.78 is 16.3. The van der Waals surface area contributed by atoms with Crippen LogP contribution in [0.25, 0.3) is 6.08 Å². The summed E-state index contributed by atoms with van der Waals surface area (Å²) in [6, 6.07) is 11.2. The van der Waals surface area contributed by atoms with Crippen molar-refractivity contribution in [2.75, 3.05) is 44.9 Å². The van der Waals surface area contributed by atoms with Gasteiger partial charge in [0.2, 0.25) is 0 Å². The number of allylic oxidation sites excluding steroid dienone is 1. The molecule has 3 rings (SSSR count). The minimum Gasteiger partial charge on any atom is -0.491 e. The second-order valence-electron chi connectivity index (χ2n) is 6.31. The van der Waals surface area contributed by atoms with Crippen molar-refractivity contribution in [2.24, 2.45) is 0 Å². The number of carbonyl (C=O) groups excluding carboxylic acids is 1. The molecule has 1 fully saturated rings. The van der Waals surface area contributed by atoms with Gasteiger partial charge in [0.1, 0.15) is 0 Å². The number of ether oxygens (including phenoxy) is 3. The van der Waals surface area contributed by atoms with E-state index < -0.39 is 0 Å². The summed E-state index contributed by atoms with van der Waals surface area (Å²) in [7, 11) is 1.55. The molecule has 28 heavy (non-hydrogen) atoms. The summed E-state index contributed by atoms with van der Waals surface area (Å²) in [6.07, 6.45) is 3.28. The lowest BCUT2D eigenvalue weighted by Crippen LogP contribution is -2.36. The van der Waals surface area contributed by atoms with Gasteiger partial charge in [-0.1, -0.05) is 29.8 Å². The minimum absolute atomic E-state index is 0.0694. The number of hydrogen-bond acceptors (Lipinski definition) is 5. The van der Waals surface area contributed by atoms with Gasteiger partial charge in [-0.3, -0.25) is 4.79 Å². The van der Waals surface area contributed by atoms with Crippen molar-refractivity contribution < 1.29 is 19.0 Å². The van der Waals surface area contributed by atoms with Gasteiger partial charge in [-0.25, -0.2) is 0 Å². The van der Waals surface area contributed by atoms with Crippen LogP contribution in [0.3, 0.4) is 0 Å². The van der Waals surface area contributed by atoms with Crippen LogP contribution < -0.4 is 14.4 Å². The number of nitrogens with zero attached hydrogens (tertiary/aromatic N) is 1. The molecule has 2 aromatic carbocycles. The van der Waals surface area contributed by atoms with E-state index in [2.05, 4.69) is 4.90 Å². The Bertz CT molecular complexity index is 860. The molecule has 0 aliphatic carbocycles. The second kappa shape index (κ2) is 9.62. The molecule has 0 N–H and O–H groups in total. The van der Waals surface area contributed by atoms with Gasteiger partial charge in [-0.2, -0.15) is 0 Å². The van der Waals surface area contributed by atoms with E-state index in [1.807, 2.05) is 37.3 Å². The van der Waals surface area contributed by atoms with Gasteiger partial charge in [-0.05, 0) is 42.8 Å². The molecule has 1 saturated heterocycles. The summed E-state index contributed by atoms with van der Waals surface area (Å²) in [6.45, 7) is 5.46. The number of methoxy groups -OCH3 is 1. The molecular formula is C22H24ClNO4. The summed E-state index contributed by atoms with van der Waals surface area (Å²) in [4.78, 5) is 14.9. The standard InChI is InChI=1S/C22H24ClNO4/c1-3-28-21-14-16(13-19(23)22(21)26-2)7-8-20(25)17-5-4-6-18(15-17)24-9-11-27-12-10-24/h4-8,13-15H,3,9-12H2,1-2H3/b8-7+. The zero-order chi connectivity index (χ0) is 19.9. The fourth-order valence-electron chi connectivity index (χ4n) is 3.09. The highest BCUT2D eigenvalue weighted by molar-refractivity contribution is 6.32. The predicted octanol–water partition coefficient (Wildman–Crippen LogP) is 4.48. The summed E-state index contributed by atoms with van der Waals surface area (Å²) >= 11 is 6.27. The van der Waals surface area contributed by atoms with E-state index in [1.165, 1.54) is 0 Å². The lowest BCUT2D eigenvalue weighted by atomic mass is 10.1. The average Bonchev–Trinajstić information content (AvgIpc) is 2.73. The SMILES string of the molecule is CCOc1cc(/C=C/C(=O)c2cccc(N3CCOCC3)c2)cc(Cl)c1OC. The molecule has 0 amide bonds. The van der Waals surface area contributed by atoms with Crippen LogP contribution >= 0.6 is 11.6 Å². The van der Waals surface area contributed by atoms with Gasteiger partial charge in [0.15, 0.2) is 17.3 Å². The Hall–Kier alpha value is -2.50. The Morgan fingerprint density at radius 2 is 2.04 bits per heavy atom. The highest BCUT2D eigenvalue weighted by atomic mass is 35.5. The van der Waals surface area contributed by atoms with E-state index in [9.17, 15) is 4.79 Å². The molecule has 6 heteroatoms. The molecule has 148 valence electrons. The van der Waals surface area contributed by atoms with E-state index in [0.29, 0.717) is 41.9 Å². The molecule has 1 aliphatic rings. The van der Waals surface area contributed by atoms with Crippen molar-refractivity contribution >= 4 is 29.1 Å². The fourth-order valence-corrected chi connectivity index (χ4v) is 3.39. The van der Waals surface area contributed by atoms with Crippen LogP contribution in [-0.2, 0) is 4.74 Å². The smallest absolute Gasteiger partial charge is 0.185 e. The second-order valence-corrected chi connectivity index (χ2v) is 6.72. The molecule has 5 nitrogen and oxygen atoms in total. The Kier molecular flexibility index (Phi) is 6.95. The van der Waals surface area contributed by atoms with Gasteiger partial charge in [0.25, 0.3) is 0 Å². The molecule has 1 aliphatic heterocycles. The zero-order valence-corrected chi connectivity index (χ0v) is 16.9. The van der Waals surface area contributed by atoms with Gasteiger partial charge in [0.05, 0.1) is 32.0 Å². The first kappa shape index (κ1) is 20.2. The number of rotatable bonds is 7. The lowest BCUT2D eigenvalue weighted by Gasteiger charge is -2.29. The van der Waals surface area contributed by atoms with Crippen molar-refractivity contribution in [2.45, 2.75) is 6.92 Å². The van der Waals surface area contributed by atoms with Crippen molar-refractivity contribution in [1.29, 1.82) is 0 Å². The molecule has 0 saturated carbocycles. The van der Waals surface area contributed by atoms with E-state index in [-0.39, 0.29) is 5.78 Å². The van der Waals surface area contributed by atoms with Crippen LogP contribution in [0.15, 0.2) is 42.5 Å². The van der Waals surface area contributed by atoms with Crippen LogP contribution in [0.5, 0.6) is 11.5 Å². The number of anilines is 1. The fraction of sp³-hybridized carbons (Fsp3) is 0.318. The first-order chi connectivity index (χ1) is 13.6. The zero-order valence-electron chi connectivity index (χ0n) is 16.1. The summed E-state index contributed by atoms with van der Waals surface area (Å²) in [5.41, 5.74) is 2.45. The van der Waals surface area contributed by atoms with Crippen molar-refractivity contribution in [3.63, 3.8) is 0 Å². The molecule has 0 radical (unpaired) electrons. The third-order valence-corrected chi connectivity index (χ3v) is 4.75. The van der Waals surface area contributed by atoms with Crippen molar-refractivity contribution in [3.8, 4) is 11.5 Å². The number of halogens is 1. The maximum Gasteiger partial charge on any atom is 0.185 e. The van der Waals surface area contributed by atoms with Gasteiger partial charge in [0, 0.05) is 24.3 Å². The highest BCUT2D eigenvalue weighted by Crippen LogP contribution is 2.36. The predicted molar refractivity (Wildman–Crippen MR) is 112 cm³/mol. The average molecular weight is 402 g/mol. The normalized spacial score (nSPS) is 14.3. The molecule has 0 unspecified atom stereocenters. The van der Waals surface area contributed by atoms with Crippen molar-refractivity contribution in [1.82, 2.24) is 0 Å². The largest absolute Gasteiger partial charge is 0.491 e. The molecule has 2 aromatic rings. The molecule has 0 spiro atoms. The third kappa shape index (κ3) is 4.86. The Morgan fingerprint density at radius 3 is 2.75 bits per heavy atom. The molecular weight excluding hydrogens is 378 g/mol. The Balaban J connectivity index is 1.78. The van der Waals surface area contributed by atoms with E-state index in [0.717, 1.165) is 24.3 Å². The lowest BCUT2D eigenvalue weighted by molar-refractivity contribution is 0.104. The van der Waals surface area contributed by atoms with Gasteiger partial charge in [-0.15, -0.1) is 0 Å². The monoisotopic (exact) mass is 401 g/mol. The molecule has 1 heterocycles. The van der Waals surface area contributed by atoms with Crippen molar-refractivity contribution in [3.05, 3.63) is 58.6 Å². The number of hydrogen-bond donors (Lipinski definition) is 0. The Labute approximate surface area is 170 Å². The summed E-state index contributed by atoms with van der Waals surface area (Å²) in [5.74, 6) is 0.976. The van der Waals surface area contributed by atoms with Crippen LogP contribution in [0.2, 0.25) is 5.02 Å². The number of ketones is 1. The molecule has 0 aromatic heterocycles. The van der Waals surface area contributed by atoms with Gasteiger partial charge < -0.3 is 19.1 Å². The summed E-state index contributed by atoms with van der Waals surface area (Å²) in [5, 5.41) is 0.440. The number of morpholine rings is 1. The van der Waals surface area contributed by atoms with Crippen LogP contribution in [0, 0.1) is 0 Å². The maximum absolute atomic E-state index is 12.7. The topological polar surface area (TPSA) is 48.0 Å². The first-order valence-electron chi connectivity index (χ1n) is 9.28. The van der Waals surface area contributed by atoms with E-state index in [1.54, 1.807) is 25.3 Å². The minimum atomic E-state index is -0.0694. The van der Waals surface area contributed by atoms with Crippen LogP contribution in [0.4, 0.5) is 5.69 Å². The van der Waals surface area contributed by atoms with E-state index in [4.69, 9.17) is 25.8 Å². The van der Waals surface area contributed by atoms with E-state index >= 15 is 0 Å². The van der Waals surface area contributed by atoms with Gasteiger partial charge >= 0.3 is 0 Å². The Morgan fingerprint density at radius 1 is 1.25 bits per heavy atom. The maximum atomic E-state index is 12.7. The van der Waals surface area contributed by atoms with Crippen LogP contribution in [0.1, 0.15) is 22.8 Å². The molecule has 0 bridgehead atoms. The third-order valence-electron chi connectivity index (χ3n) is 4.47. The van der Waals surface area contributed by atoms with Crippen LogP contribution in [-0.4, -0.2) is 45.8 Å². The molecule has 0 atom stereocenters. The highest BCUT2D eigenvalue weighted by Gasteiger charge is 2.13. The number of carbonyl (C=O) groups is 1. The number of benzene rings is 2. The first-order valence-corrected chi connectivity index (χ1v) is 9.65. The quantitative estimate of drug-likeness (QED) is 0.505.